The van der Waals surface area contributed by atoms with E-state index in [4.69, 9.17) is 5.11 Å². The molecule has 0 aliphatic carbocycles. The molecule has 2 amide bonds. The molecule has 0 heterocycles. The van der Waals surface area contributed by atoms with E-state index in [9.17, 15) is 13.8 Å². The van der Waals surface area contributed by atoms with Gasteiger partial charge in [-0.25, -0.2) is 9.59 Å². The maximum absolute atomic E-state index is 11.5. The van der Waals surface area contributed by atoms with Crippen LogP contribution in [0.5, 0.6) is 0 Å². The molecule has 1 unspecified atom stereocenters. The van der Waals surface area contributed by atoms with Crippen LogP contribution in [-0.2, 0) is 15.6 Å². The summed E-state index contributed by atoms with van der Waals surface area (Å²) < 4.78 is 10.8. The molecule has 0 saturated heterocycles. The van der Waals surface area contributed by atoms with E-state index >= 15 is 0 Å². The van der Waals surface area contributed by atoms with Gasteiger partial charge < -0.3 is 15.7 Å². The van der Waals surface area contributed by atoms with Gasteiger partial charge in [-0.05, 0) is 12.3 Å². The van der Waals surface area contributed by atoms with E-state index in [2.05, 4.69) is 10.6 Å². The van der Waals surface area contributed by atoms with Crippen LogP contribution >= 0.6 is 0 Å². The van der Waals surface area contributed by atoms with Gasteiger partial charge in [-0.15, -0.1) is 0 Å². The molecule has 0 fully saturated rings. The van der Waals surface area contributed by atoms with Crippen molar-refractivity contribution in [1.29, 1.82) is 0 Å². The van der Waals surface area contributed by atoms with Crippen molar-refractivity contribution >= 4 is 22.8 Å². The Morgan fingerprint density at radius 1 is 1.39 bits per heavy atom. The van der Waals surface area contributed by atoms with Crippen LogP contribution in [-0.4, -0.2) is 45.9 Å². The number of nitrogens with one attached hydrogen (secondary N) is 2. The second kappa shape index (κ2) is 8.91. The summed E-state index contributed by atoms with van der Waals surface area (Å²) in [6.45, 7) is 4.04. The summed E-state index contributed by atoms with van der Waals surface area (Å²) in [5, 5.41) is 14.0. The fourth-order valence-electron chi connectivity index (χ4n) is 1.35. The van der Waals surface area contributed by atoms with E-state index in [1.807, 2.05) is 6.92 Å². The first-order valence-electron chi connectivity index (χ1n) is 5.95. The summed E-state index contributed by atoms with van der Waals surface area (Å²) in [5.41, 5.74) is 0. The number of carbonyl (C=O) groups excluding carboxylic acids is 1. The molecule has 0 bridgehead atoms. The number of carbonyl (C=O) groups is 2. The Morgan fingerprint density at radius 2 is 2.00 bits per heavy atom. The van der Waals surface area contributed by atoms with Crippen molar-refractivity contribution < 1.29 is 18.9 Å². The standard InChI is InChI=1S/C11H22N2O4S/c1-4-8(2)9(10(14)15)13-11(16)12-6-5-7-18(3)17/h8-9H,4-7H2,1-3H3,(H,14,15)(H2,12,13,16)/t8-,9-,18?/m0/s1. The molecule has 7 heteroatoms. The number of amides is 2. The number of urea groups is 1. The largest absolute Gasteiger partial charge is 0.480 e. The van der Waals surface area contributed by atoms with Gasteiger partial charge in [0.2, 0.25) is 0 Å². The fourth-order valence-corrected chi connectivity index (χ4v) is 1.90. The zero-order chi connectivity index (χ0) is 14.1. The van der Waals surface area contributed by atoms with E-state index in [0.717, 1.165) is 0 Å². The molecule has 18 heavy (non-hydrogen) atoms. The van der Waals surface area contributed by atoms with E-state index in [0.29, 0.717) is 25.1 Å². The van der Waals surface area contributed by atoms with E-state index in [1.54, 1.807) is 13.2 Å². The maximum atomic E-state index is 11.5. The predicted octanol–water partition coefficient (Wildman–Crippen LogP) is 0.554. The molecule has 0 aliphatic heterocycles. The van der Waals surface area contributed by atoms with Gasteiger partial charge in [0.25, 0.3) is 0 Å². The second-order valence-electron chi connectivity index (χ2n) is 4.23. The molecule has 0 spiro atoms. The third kappa shape index (κ3) is 7.26. The summed E-state index contributed by atoms with van der Waals surface area (Å²) >= 11 is 0. The van der Waals surface area contributed by atoms with Gasteiger partial charge in [-0.1, -0.05) is 20.3 Å². The fraction of sp³-hybridized carbons (Fsp3) is 0.818. The Morgan fingerprint density at radius 3 is 2.44 bits per heavy atom. The lowest BCUT2D eigenvalue weighted by Gasteiger charge is -2.20. The lowest BCUT2D eigenvalue weighted by Crippen LogP contribution is -2.49. The number of rotatable bonds is 8. The Labute approximate surface area is 110 Å². The molecule has 0 aromatic heterocycles. The molecule has 3 atom stereocenters. The van der Waals surface area contributed by atoms with Crippen LogP contribution in [0.2, 0.25) is 0 Å². The van der Waals surface area contributed by atoms with Crippen LogP contribution in [0.4, 0.5) is 4.79 Å². The Hall–Kier alpha value is -1.11. The van der Waals surface area contributed by atoms with E-state index in [-0.39, 0.29) is 5.92 Å². The number of carboxylic acid groups (broad SMARTS) is 1. The molecule has 0 aliphatic rings. The molecule has 0 radical (unpaired) electrons. The summed E-state index contributed by atoms with van der Waals surface area (Å²) in [6.07, 6.45) is 2.88. The third-order valence-corrected chi connectivity index (χ3v) is 3.52. The SMILES string of the molecule is CC[C@H](C)[C@H](NC(=O)NCCCS(C)=O)C(=O)O. The molecule has 0 rings (SSSR count). The topological polar surface area (TPSA) is 95.5 Å². The van der Waals surface area contributed by atoms with Crippen LogP contribution in [0.1, 0.15) is 26.7 Å². The van der Waals surface area contributed by atoms with Gasteiger partial charge in [0.05, 0.1) is 0 Å². The zero-order valence-corrected chi connectivity index (χ0v) is 11.9. The number of aliphatic carboxylic acids is 1. The van der Waals surface area contributed by atoms with Crippen molar-refractivity contribution in [2.24, 2.45) is 5.92 Å². The number of hydrogen-bond donors (Lipinski definition) is 3. The van der Waals surface area contributed by atoms with Crippen molar-refractivity contribution in [3.63, 3.8) is 0 Å². The highest BCUT2D eigenvalue weighted by atomic mass is 32.2. The van der Waals surface area contributed by atoms with Crippen molar-refractivity contribution in [2.45, 2.75) is 32.7 Å². The first-order chi connectivity index (χ1) is 8.38. The first-order valence-corrected chi connectivity index (χ1v) is 7.68. The predicted molar refractivity (Wildman–Crippen MR) is 71.0 cm³/mol. The summed E-state index contributed by atoms with van der Waals surface area (Å²) in [4.78, 5) is 22.4. The molecule has 106 valence electrons. The summed E-state index contributed by atoms with van der Waals surface area (Å²) in [6, 6.07) is -1.38. The maximum Gasteiger partial charge on any atom is 0.326 e. The second-order valence-corrected chi connectivity index (χ2v) is 5.79. The van der Waals surface area contributed by atoms with Crippen LogP contribution in [0.3, 0.4) is 0 Å². The van der Waals surface area contributed by atoms with Crippen LogP contribution < -0.4 is 10.6 Å². The van der Waals surface area contributed by atoms with Gasteiger partial charge in [0, 0.05) is 29.4 Å². The highest BCUT2D eigenvalue weighted by Crippen LogP contribution is 2.07. The lowest BCUT2D eigenvalue weighted by atomic mass is 9.99. The monoisotopic (exact) mass is 278 g/mol. The Kier molecular flexibility index (Phi) is 8.36. The summed E-state index contributed by atoms with van der Waals surface area (Å²) in [5.74, 6) is -0.640. The summed E-state index contributed by atoms with van der Waals surface area (Å²) in [7, 11) is -0.873. The van der Waals surface area contributed by atoms with Crippen molar-refractivity contribution in [2.75, 3.05) is 18.6 Å². The quantitative estimate of drug-likeness (QED) is 0.565. The van der Waals surface area contributed by atoms with Crippen molar-refractivity contribution in [3.8, 4) is 0 Å². The minimum absolute atomic E-state index is 0.128. The molecule has 6 nitrogen and oxygen atoms in total. The van der Waals surface area contributed by atoms with E-state index in [1.165, 1.54) is 0 Å². The molecule has 0 aromatic carbocycles. The molecular weight excluding hydrogens is 256 g/mol. The number of carboxylic acids is 1. The molecular formula is C11H22N2O4S. The van der Waals surface area contributed by atoms with E-state index < -0.39 is 28.8 Å². The minimum Gasteiger partial charge on any atom is -0.480 e. The van der Waals surface area contributed by atoms with Gasteiger partial charge in [0.1, 0.15) is 6.04 Å². The Balaban J connectivity index is 4.03. The van der Waals surface area contributed by atoms with Crippen LogP contribution in [0.15, 0.2) is 0 Å². The first kappa shape index (κ1) is 16.9. The highest BCUT2D eigenvalue weighted by molar-refractivity contribution is 7.84. The number of hydrogen-bond acceptors (Lipinski definition) is 3. The third-order valence-electron chi connectivity index (χ3n) is 2.66. The zero-order valence-electron chi connectivity index (χ0n) is 11.1. The van der Waals surface area contributed by atoms with Crippen LogP contribution in [0, 0.1) is 5.92 Å². The molecule has 0 saturated carbocycles. The normalized spacial score (nSPS) is 15.5. The van der Waals surface area contributed by atoms with Crippen molar-refractivity contribution in [1.82, 2.24) is 10.6 Å². The van der Waals surface area contributed by atoms with Crippen LogP contribution in [0.25, 0.3) is 0 Å². The molecule has 3 N–H and O–H groups in total. The average molecular weight is 278 g/mol. The average Bonchev–Trinajstić information content (AvgIpc) is 2.30. The van der Waals surface area contributed by atoms with Gasteiger partial charge >= 0.3 is 12.0 Å². The molecule has 0 aromatic rings. The van der Waals surface area contributed by atoms with Gasteiger partial charge in [-0.3, -0.25) is 4.21 Å². The Bertz CT molecular complexity index is 309. The lowest BCUT2D eigenvalue weighted by molar-refractivity contribution is -0.140. The highest BCUT2D eigenvalue weighted by Gasteiger charge is 2.24. The smallest absolute Gasteiger partial charge is 0.326 e. The van der Waals surface area contributed by atoms with Gasteiger partial charge in [-0.2, -0.15) is 0 Å². The minimum atomic E-state index is -1.03. The van der Waals surface area contributed by atoms with Gasteiger partial charge in [0.15, 0.2) is 0 Å². The van der Waals surface area contributed by atoms with Crippen molar-refractivity contribution in [3.05, 3.63) is 0 Å².